The first kappa shape index (κ1) is 23.6. The van der Waals surface area contributed by atoms with E-state index in [0.717, 1.165) is 97.2 Å². The van der Waals surface area contributed by atoms with Crippen LogP contribution in [0.15, 0.2) is 34.7 Å². The third kappa shape index (κ3) is 4.66. The minimum Gasteiger partial charge on any atom is -0.493 e. The summed E-state index contributed by atoms with van der Waals surface area (Å²) in [6, 6.07) is 10.7. The first-order valence-corrected chi connectivity index (χ1v) is 13.4. The Morgan fingerprint density at radius 2 is 1.86 bits per heavy atom. The topological polar surface area (TPSA) is 71.8 Å². The van der Waals surface area contributed by atoms with Gasteiger partial charge in [0.1, 0.15) is 11.5 Å². The summed E-state index contributed by atoms with van der Waals surface area (Å²) in [4.78, 5) is 7.40. The highest BCUT2D eigenvalue weighted by Crippen LogP contribution is 2.50. The third-order valence-corrected chi connectivity index (χ3v) is 8.44. The van der Waals surface area contributed by atoms with Crippen molar-refractivity contribution >= 4 is 16.6 Å². The average molecular weight is 491 g/mol. The van der Waals surface area contributed by atoms with E-state index >= 15 is 0 Å². The number of nitrogens with zero attached hydrogens (tertiary/aromatic N) is 2. The number of furan rings is 1. The van der Waals surface area contributed by atoms with Gasteiger partial charge >= 0.3 is 0 Å². The molecule has 1 aliphatic carbocycles. The van der Waals surface area contributed by atoms with Crippen LogP contribution in [0.25, 0.3) is 22.4 Å². The van der Waals surface area contributed by atoms with Crippen LogP contribution in [0, 0.1) is 12.3 Å². The van der Waals surface area contributed by atoms with Crippen LogP contribution < -0.4 is 20.1 Å². The van der Waals surface area contributed by atoms with Gasteiger partial charge in [-0.2, -0.15) is 0 Å². The Labute approximate surface area is 213 Å². The Bertz CT molecular complexity index is 1220. The zero-order chi connectivity index (χ0) is 24.7. The fourth-order valence-electron chi connectivity index (χ4n) is 6.21. The van der Waals surface area contributed by atoms with Gasteiger partial charge in [0.15, 0.2) is 17.3 Å². The summed E-state index contributed by atoms with van der Waals surface area (Å²) in [7, 11) is 3.91. The highest BCUT2D eigenvalue weighted by atomic mass is 16.5. The second kappa shape index (κ2) is 9.60. The smallest absolute Gasteiger partial charge is 0.163 e. The number of methoxy groups -OCH3 is 1. The number of benzene rings is 1. The number of fused-ring (bicyclic) bond motifs is 1. The van der Waals surface area contributed by atoms with Crippen molar-refractivity contribution in [2.24, 2.45) is 5.41 Å². The maximum atomic E-state index is 6.52. The second-order valence-corrected chi connectivity index (χ2v) is 11.1. The Balaban J connectivity index is 1.33. The molecule has 2 aromatic heterocycles. The molecule has 6 rings (SSSR count). The van der Waals surface area contributed by atoms with Crippen LogP contribution in [0.3, 0.4) is 0 Å². The van der Waals surface area contributed by atoms with Crippen molar-refractivity contribution in [1.82, 2.24) is 15.2 Å². The maximum absolute atomic E-state index is 6.52. The fraction of sp³-hybridized carbons (Fsp3) is 0.552. The molecule has 4 heterocycles. The van der Waals surface area contributed by atoms with E-state index in [1.807, 2.05) is 19.1 Å². The predicted octanol–water partition coefficient (Wildman–Crippen LogP) is 5.23. The largest absolute Gasteiger partial charge is 0.493 e. The molecule has 2 saturated heterocycles. The number of ether oxygens (including phenoxy) is 2. The standard InChI is InChI=1S/C29H38N4O3/c1-19-4-5-26(35-19)25-15-23(31-20-6-12-33(2)13-7-20)22-14-27(34-3)28(16-24(22)32-25)36-21-17-29(18-21)8-10-30-11-9-29/h4-5,14-16,20-21,30H,6-13,17-18H2,1-3H3,(H,31,32). The molecule has 7 nitrogen and oxygen atoms in total. The van der Waals surface area contributed by atoms with Gasteiger partial charge < -0.3 is 29.4 Å². The molecule has 0 bridgehead atoms. The van der Waals surface area contributed by atoms with Gasteiger partial charge in [-0.25, -0.2) is 4.98 Å². The van der Waals surface area contributed by atoms with E-state index in [4.69, 9.17) is 18.9 Å². The lowest BCUT2D eigenvalue weighted by Gasteiger charge is -2.49. The van der Waals surface area contributed by atoms with Gasteiger partial charge in [0.2, 0.25) is 0 Å². The van der Waals surface area contributed by atoms with Gasteiger partial charge in [0, 0.05) is 23.2 Å². The van der Waals surface area contributed by atoms with Crippen LogP contribution in [0.4, 0.5) is 5.69 Å². The number of aryl methyl sites for hydroxylation is 1. The van der Waals surface area contributed by atoms with Gasteiger partial charge in [-0.15, -0.1) is 0 Å². The van der Waals surface area contributed by atoms with Gasteiger partial charge in [-0.05, 0) is 108 Å². The van der Waals surface area contributed by atoms with Crippen LogP contribution in [0.5, 0.6) is 11.5 Å². The van der Waals surface area contributed by atoms with Crippen LogP contribution in [0.2, 0.25) is 0 Å². The number of aromatic nitrogens is 1. The molecule has 192 valence electrons. The summed E-state index contributed by atoms with van der Waals surface area (Å²) in [6.45, 7) is 6.42. The van der Waals surface area contributed by atoms with E-state index in [0.29, 0.717) is 11.5 Å². The quantitative estimate of drug-likeness (QED) is 0.490. The predicted molar refractivity (Wildman–Crippen MR) is 143 cm³/mol. The molecular weight excluding hydrogens is 452 g/mol. The fourth-order valence-corrected chi connectivity index (χ4v) is 6.21. The van der Waals surface area contributed by atoms with Crippen molar-refractivity contribution in [3.05, 3.63) is 36.1 Å². The van der Waals surface area contributed by atoms with Gasteiger partial charge in [0.25, 0.3) is 0 Å². The highest BCUT2D eigenvalue weighted by Gasteiger charge is 2.46. The highest BCUT2D eigenvalue weighted by molar-refractivity contribution is 5.95. The molecule has 2 N–H and O–H groups in total. The number of nitrogens with one attached hydrogen (secondary N) is 2. The molecule has 1 saturated carbocycles. The summed E-state index contributed by atoms with van der Waals surface area (Å²) >= 11 is 0. The van der Waals surface area contributed by atoms with Crippen molar-refractivity contribution in [1.29, 1.82) is 0 Å². The van der Waals surface area contributed by atoms with E-state index in [1.165, 1.54) is 12.8 Å². The third-order valence-electron chi connectivity index (χ3n) is 8.44. The van der Waals surface area contributed by atoms with Crippen molar-refractivity contribution in [3.63, 3.8) is 0 Å². The summed E-state index contributed by atoms with van der Waals surface area (Å²) in [5.41, 5.74) is 3.26. The van der Waals surface area contributed by atoms with Crippen molar-refractivity contribution < 1.29 is 13.9 Å². The molecule has 0 atom stereocenters. The molecule has 3 aliphatic rings. The first-order chi connectivity index (χ1) is 17.5. The molecule has 2 aliphatic heterocycles. The van der Waals surface area contributed by atoms with Gasteiger partial charge in [0.05, 0.1) is 18.7 Å². The first-order valence-electron chi connectivity index (χ1n) is 13.4. The SMILES string of the molecule is COc1cc2c(NC3CCN(C)CC3)cc(-c3ccc(C)o3)nc2cc1OC1CC2(CCNCC2)C1. The van der Waals surface area contributed by atoms with Crippen LogP contribution in [-0.4, -0.2) is 62.4 Å². The normalized spacial score (nSPS) is 21.0. The van der Waals surface area contributed by atoms with Gasteiger partial charge in [-0.1, -0.05) is 0 Å². The summed E-state index contributed by atoms with van der Waals surface area (Å²) in [5, 5.41) is 8.36. The Morgan fingerprint density at radius 1 is 1.08 bits per heavy atom. The molecule has 3 fully saturated rings. The molecule has 0 radical (unpaired) electrons. The molecular formula is C29H38N4O3. The number of anilines is 1. The van der Waals surface area contributed by atoms with Crippen LogP contribution >= 0.6 is 0 Å². The zero-order valence-corrected chi connectivity index (χ0v) is 21.7. The van der Waals surface area contributed by atoms with Gasteiger partial charge in [-0.3, -0.25) is 0 Å². The van der Waals surface area contributed by atoms with Crippen molar-refractivity contribution in [3.8, 4) is 23.0 Å². The number of piperidine rings is 2. The Hall–Kier alpha value is -2.77. The molecule has 0 amide bonds. The minimum absolute atomic E-state index is 0.238. The van der Waals surface area contributed by atoms with E-state index in [2.05, 4.69) is 40.8 Å². The number of hydrogen-bond donors (Lipinski definition) is 2. The number of pyridine rings is 1. The molecule has 1 aromatic carbocycles. The average Bonchev–Trinajstić information content (AvgIpc) is 3.31. The molecule has 0 unspecified atom stereocenters. The molecule has 1 spiro atoms. The summed E-state index contributed by atoms with van der Waals surface area (Å²) < 4.78 is 18.3. The number of rotatable bonds is 6. The van der Waals surface area contributed by atoms with Crippen LogP contribution in [-0.2, 0) is 0 Å². The number of likely N-dealkylation sites (tertiary alicyclic amines) is 1. The molecule has 7 heteroatoms. The van der Waals surface area contributed by atoms with Crippen molar-refractivity contribution in [2.75, 3.05) is 45.7 Å². The lowest BCUT2D eigenvalue weighted by Crippen LogP contribution is -2.49. The summed E-state index contributed by atoms with van der Waals surface area (Å²) in [6.07, 6.45) is 7.22. The van der Waals surface area contributed by atoms with E-state index in [-0.39, 0.29) is 6.10 Å². The summed E-state index contributed by atoms with van der Waals surface area (Å²) in [5.74, 6) is 3.21. The van der Waals surface area contributed by atoms with Crippen molar-refractivity contribution in [2.45, 2.75) is 57.6 Å². The Kier molecular flexibility index (Phi) is 6.30. The molecule has 36 heavy (non-hydrogen) atoms. The monoisotopic (exact) mass is 490 g/mol. The van der Waals surface area contributed by atoms with E-state index in [1.54, 1.807) is 7.11 Å². The van der Waals surface area contributed by atoms with Crippen LogP contribution in [0.1, 0.15) is 44.3 Å². The molecule has 3 aromatic rings. The van der Waals surface area contributed by atoms with E-state index < -0.39 is 0 Å². The minimum atomic E-state index is 0.238. The Morgan fingerprint density at radius 3 is 2.56 bits per heavy atom. The zero-order valence-electron chi connectivity index (χ0n) is 21.7. The maximum Gasteiger partial charge on any atom is 0.163 e. The number of hydrogen-bond acceptors (Lipinski definition) is 7. The van der Waals surface area contributed by atoms with E-state index in [9.17, 15) is 0 Å². The lowest BCUT2D eigenvalue weighted by molar-refractivity contribution is -0.0356. The lowest BCUT2D eigenvalue weighted by atomic mass is 9.62. The second-order valence-electron chi connectivity index (χ2n) is 11.1.